The number of rotatable bonds is 5. The van der Waals surface area contributed by atoms with Gasteiger partial charge in [-0.15, -0.1) is 0 Å². The van der Waals surface area contributed by atoms with Crippen LogP contribution in [0.2, 0.25) is 0 Å². The van der Waals surface area contributed by atoms with Crippen molar-refractivity contribution in [3.63, 3.8) is 0 Å². The molecular formula is C10H17NO. The highest BCUT2D eigenvalue weighted by Crippen LogP contribution is 2.05. The summed E-state index contributed by atoms with van der Waals surface area (Å²) < 4.78 is 2.12. The number of aliphatic hydroxyl groups excluding tert-OH is 1. The van der Waals surface area contributed by atoms with Crippen LogP contribution >= 0.6 is 0 Å². The number of aliphatic hydroxyl groups is 1. The molecule has 1 aromatic rings. The summed E-state index contributed by atoms with van der Waals surface area (Å²) >= 11 is 0. The molecule has 0 saturated heterocycles. The summed E-state index contributed by atoms with van der Waals surface area (Å²) in [4.78, 5) is 0. The van der Waals surface area contributed by atoms with E-state index in [1.165, 1.54) is 19.3 Å². The van der Waals surface area contributed by atoms with Crippen molar-refractivity contribution in [1.29, 1.82) is 0 Å². The lowest BCUT2D eigenvalue weighted by Gasteiger charge is -2.05. The van der Waals surface area contributed by atoms with Crippen LogP contribution in [0.4, 0.5) is 0 Å². The van der Waals surface area contributed by atoms with Crippen LogP contribution < -0.4 is 0 Å². The Morgan fingerprint density at radius 2 is 2.25 bits per heavy atom. The van der Waals surface area contributed by atoms with E-state index in [-0.39, 0.29) is 6.61 Å². The van der Waals surface area contributed by atoms with Gasteiger partial charge in [0.05, 0.1) is 6.61 Å². The molecule has 0 spiro atoms. The maximum Gasteiger partial charge on any atom is 0.0832 e. The number of nitrogens with zero attached hydrogens (tertiary/aromatic N) is 1. The molecule has 0 aliphatic rings. The van der Waals surface area contributed by atoms with Gasteiger partial charge in [-0.2, -0.15) is 0 Å². The minimum absolute atomic E-state index is 0.152. The van der Waals surface area contributed by atoms with Crippen LogP contribution in [-0.4, -0.2) is 9.67 Å². The van der Waals surface area contributed by atoms with Crippen LogP contribution in [0.5, 0.6) is 0 Å². The molecule has 2 nitrogen and oxygen atoms in total. The highest BCUT2D eigenvalue weighted by atomic mass is 16.3. The summed E-state index contributed by atoms with van der Waals surface area (Å²) in [5.41, 5.74) is 1.02. The predicted octanol–water partition coefficient (Wildman–Crippen LogP) is 2.17. The standard InChI is InChI=1S/C10H17NO/c1-2-3-4-7-11-8-5-6-10(11)9-12/h5-6,8,12H,2-4,7,9H2,1H3. The number of hydrogen-bond acceptors (Lipinski definition) is 1. The second kappa shape index (κ2) is 4.99. The first-order valence-corrected chi connectivity index (χ1v) is 4.63. The molecule has 0 aromatic carbocycles. The molecule has 0 atom stereocenters. The lowest BCUT2D eigenvalue weighted by molar-refractivity contribution is 0.270. The van der Waals surface area contributed by atoms with Crippen molar-refractivity contribution in [3.8, 4) is 0 Å². The van der Waals surface area contributed by atoms with Crippen molar-refractivity contribution in [3.05, 3.63) is 24.0 Å². The first-order valence-electron chi connectivity index (χ1n) is 4.63. The van der Waals surface area contributed by atoms with E-state index in [1.807, 2.05) is 18.3 Å². The van der Waals surface area contributed by atoms with E-state index in [9.17, 15) is 0 Å². The summed E-state index contributed by atoms with van der Waals surface area (Å²) in [7, 11) is 0. The molecule has 1 N–H and O–H groups in total. The summed E-state index contributed by atoms with van der Waals surface area (Å²) in [5.74, 6) is 0. The number of unbranched alkanes of at least 4 members (excludes halogenated alkanes) is 2. The SMILES string of the molecule is CCCCCn1cccc1CO. The molecule has 68 valence electrons. The second-order valence-corrected chi connectivity index (χ2v) is 3.06. The van der Waals surface area contributed by atoms with Gasteiger partial charge in [-0.25, -0.2) is 0 Å². The minimum Gasteiger partial charge on any atom is -0.390 e. The first-order chi connectivity index (χ1) is 5.88. The summed E-state index contributed by atoms with van der Waals surface area (Å²) in [6, 6.07) is 3.95. The van der Waals surface area contributed by atoms with Gasteiger partial charge < -0.3 is 9.67 Å². The molecule has 0 fully saturated rings. The second-order valence-electron chi connectivity index (χ2n) is 3.06. The quantitative estimate of drug-likeness (QED) is 0.668. The van der Waals surface area contributed by atoms with E-state index < -0.39 is 0 Å². The van der Waals surface area contributed by atoms with Crippen LogP contribution in [-0.2, 0) is 13.2 Å². The van der Waals surface area contributed by atoms with Gasteiger partial charge in [0.25, 0.3) is 0 Å². The third kappa shape index (κ3) is 2.38. The zero-order valence-corrected chi connectivity index (χ0v) is 7.66. The summed E-state index contributed by atoms with van der Waals surface area (Å²) in [6.45, 7) is 3.39. The molecule has 12 heavy (non-hydrogen) atoms. The van der Waals surface area contributed by atoms with Gasteiger partial charge in [-0.1, -0.05) is 19.8 Å². The minimum atomic E-state index is 0.152. The largest absolute Gasteiger partial charge is 0.390 e. The van der Waals surface area contributed by atoms with Gasteiger partial charge in [0, 0.05) is 18.4 Å². The Labute approximate surface area is 73.8 Å². The van der Waals surface area contributed by atoms with Gasteiger partial charge in [0.2, 0.25) is 0 Å². The molecule has 0 saturated carbocycles. The van der Waals surface area contributed by atoms with Crippen molar-refractivity contribution >= 4 is 0 Å². The molecule has 0 radical (unpaired) electrons. The van der Waals surface area contributed by atoms with Gasteiger partial charge in [0.1, 0.15) is 0 Å². The molecule has 2 heteroatoms. The molecule has 0 aliphatic carbocycles. The zero-order chi connectivity index (χ0) is 8.81. The predicted molar refractivity (Wildman–Crippen MR) is 49.9 cm³/mol. The Bertz CT molecular complexity index is 217. The molecule has 1 heterocycles. The van der Waals surface area contributed by atoms with Gasteiger partial charge >= 0.3 is 0 Å². The molecule has 0 unspecified atom stereocenters. The Balaban J connectivity index is 2.39. The fraction of sp³-hybridized carbons (Fsp3) is 0.600. The van der Waals surface area contributed by atoms with E-state index in [2.05, 4.69) is 11.5 Å². The fourth-order valence-electron chi connectivity index (χ4n) is 1.34. The van der Waals surface area contributed by atoms with Crippen molar-refractivity contribution < 1.29 is 5.11 Å². The monoisotopic (exact) mass is 167 g/mol. The molecule has 1 aromatic heterocycles. The van der Waals surface area contributed by atoms with E-state index in [0.717, 1.165) is 12.2 Å². The average molecular weight is 167 g/mol. The third-order valence-corrected chi connectivity index (χ3v) is 2.09. The highest BCUT2D eigenvalue weighted by Gasteiger charge is 1.97. The number of aryl methyl sites for hydroxylation is 1. The average Bonchev–Trinajstić information content (AvgIpc) is 2.52. The van der Waals surface area contributed by atoms with E-state index in [0.29, 0.717) is 0 Å². The van der Waals surface area contributed by atoms with Crippen molar-refractivity contribution in [1.82, 2.24) is 4.57 Å². The zero-order valence-electron chi connectivity index (χ0n) is 7.66. The van der Waals surface area contributed by atoms with Gasteiger partial charge in [-0.3, -0.25) is 0 Å². The topological polar surface area (TPSA) is 25.2 Å². The van der Waals surface area contributed by atoms with E-state index in [4.69, 9.17) is 5.11 Å². The summed E-state index contributed by atoms with van der Waals surface area (Å²) in [6.07, 6.45) is 5.75. The fourth-order valence-corrected chi connectivity index (χ4v) is 1.34. The molecular weight excluding hydrogens is 150 g/mol. The number of hydrogen-bond donors (Lipinski definition) is 1. The van der Waals surface area contributed by atoms with Crippen molar-refractivity contribution in [2.24, 2.45) is 0 Å². The number of aromatic nitrogens is 1. The van der Waals surface area contributed by atoms with Gasteiger partial charge in [-0.05, 0) is 18.6 Å². The Morgan fingerprint density at radius 3 is 2.92 bits per heavy atom. The van der Waals surface area contributed by atoms with Crippen molar-refractivity contribution in [2.45, 2.75) is 39.3 Å². The van der Waals surface area contributed by atoms with Crippen molar-refractivity contribution in [2.75, 3.05) is 0 Å². The smallest absolute Gasteiger partial charge is 0.0832 e. The summed E-state index contributed by atoms with van der Waals surface area (Å²) in [5, 5.41) is 8.94. The molecule has 0 amide bonds. The highest BCUT2D eigenvalue weighted by molar-refractivity contribution is 5.05. The maximum absolute atomic E-state index is 8.94. The van der Waals surface area contributed by atoms with Crippen LogP contribution in [0.15, 0.2) is 18.3 Å². The maximum atomic E-state index is 8.94. The lowest BCUT2D eigenvalue weighted by atomic mass is 10.2. The lowest BCUT2D eigenvalue weighted by Crippen LogP contribution is -2.01. The molecule has 1 rings (SSSR count). The Kier molecular flexibility index (Phi) is 3.88. The van der Waals surface area contributed by atoms with E-state index >= 15 is 0 Å². The Morgan fingerprint density at radius 1 is 1.42 bits per heavy atom. The van der Waals surface area contributed by atoms with Gasteiger partial charge in [0.15, 0.2) is 0 Å². The van der Waals surface area contributed by atoms with Crippen LogP contribution in [0.25, 0.3) is 0 Å². The van der Waals surface area contributed by atoms with Crippen LogP contribution in [0.3, 0.4) is 0 Å². The first kappa shape index (κ1) is 9.33. The normalized spacial score (nSPS) is 10.5. The van der Waals surface area contributed by atoms with Crippen LogP contribution in [0.1, 0.15) is 31.9 Å². The van der Waals surface area contributed by atoms with E-state index in [1.54, 1.807) is 0 Å². The molecule has 0 bridgehead atoms. The third-order valence-electron chi connectivity index (χ3n) is 2.09. The Hall–Kier alpha value is -0.760. The van der Waals surface area contributed by atoms with Crippen LogP contribution in [0, 0.1) is 0 Å². The molecule has 0 aliphatic heterocycles.